The van der Waals surface area contributed by atoms with Gasteiger partial charge in [0.25, 0.3) is 0 Å². The van der Waals surface area contributed by atoms with Crippen molar-refractivity contribution in [2.24, 2.45) is 0 Å². The number of nitrogens with one attached hydrogen (secondary N) is 1. The van der Waals surface area contributed by atoms with Gasteiger partial charge in [-0.25, -0.2) is 0 Å². The first-order valence-electron chi connectivity index (χ1n) is 7.32. The highest BCUT2D eigenvalue weighted by Gasteiger charge is 2.20. The number of aryl methyl sites for hydroxylation is 1. The van der Waals surface area contributed by atoms with E-state index < -0.39 is 0 Å². The Morgan fingerprint density at radius 2 is 1.90 bits per heavy atom. The van der Waals surface area contributed by atoms with Gasteiger partial charge in [0.2, 0.25) is 0 Å². The molecule has 0 amide bonds. The van der Waals surface area contributed by atoms with Gasteiger partial charge in [-0.1, -0.05) is 57.5 Å². The lowest BCUT2D eigenvalue weighted by molar-refractivity contribution is 0.604. The quantitative estimate of drug-likeness (QED) is 0.829. The molecule has 0 saturated carbocycles. The third kappa shape index (κ3) is 3.50. The van der Waals surface area contributed by atoms with Crippen LogP contribution in [-0.4, -0.2) is 6.54 Å². The summed E-state index contributed by atoms with van der Waals surface area (Å²) in [5.41, 5.74) is 2.90. The minimum Gasteiger partial charge on any atom is -0.306 e. The Labute approximate surface area is 127 Å². The maximum absolute atomic E-state index is 3.62. The summed E-state index contributed by atoms with van der Waals surface area (Å²) >= 11 is 1.93. The fourth-order valence-electron chi connectivity index (χ4n) is 2.35. The van der Waals surface area contributed by atoms with Crippen LogP contribution < -0.4 is 5.32 Å². The predicted molar refractivity (Wildman–Crippen MR) is 89.7 cm³/mol. The average molecular weight is 287 g/mol. The Morgan fingerprint density at radius 3 is 2.45 bits per heavy atom. The minimum absolute atomic E-state index is 0.228. The summed E-state index contributed by atoms with van der Waals surface area (Å²) in [7, 11) is 0. The van der Waals surface area contributed by atoms with Crippen molar-refractivity contribution >= 4 is 11.3 Å². The number of benzene rings is 1. The van der Waals surface area contributed by atoms with Crippen molar-refractivity contribution < 1.29 is 0 Å². The van der Waals surface area contributed by atoms with Gasteiger partial charge in [0.05, 0.1) is 6.04 Å². The van der Waals surface area contributed by atoms with E-state index in [1.165, 1.54) is 20.9 Å². The molecule has 1 heterocycles. The zero-order valence-corrected chi connectivity index (χ0v) is 14.0. The third-order valence-electron chi connectivity index (χ3n) is 3.43. The van der Waals surface area contributed by atoms with Crippen LogP contribution >= 0.6 is 11.3 Å². The van der Waals surface area contributed by atoms with E-state index in [9.17, 15) is 0 Å². The van der Waals surface area contributed by atoms with Gasteiger partial charge in [-0.05, 0) is 36.6 Å². The van der Waals surface area contributed by atoms with Crippen molar-refractivity contribution in [3.63, 3.8) is 0 Å². The molecule has 1 aromatic carbocycles. The summed E-state index contributed by atoms with van der Waals surface area (Å²) in [4.78, 5) is 2.85. The summed E-state index contributed by atoms with van der Waals surface area (Å²) < 4.78 is 0. The van der Waals surface area contributed by atoms with Crippen molar-refractivity contribution in [2.45, 2.75) is 46.1 Å². The first kappa shape index (κ1) is 15.3. The minimum atomic E-state index is 0.228. The van der Waals surface area contributed by atoms with Gasteiger partial charge in [-0.2, -0.15) is 0 Å². The van der Waals surface area contributed by atoms with Gasteiger partial charge < -0.3 is 5.32 Å². The molecular weight excluding hydrogens is 262 g/mol. The Morgan fingerprint density at radius 1 is 1.15 bits per heavy atom. The largest absolute Gasteiger partial charge is 0.306 e. The van der Waals surface area contributed by atoms with E-state index in [0.29, 0.717) is 6.04 Å². The normalized spacial score (nSPS) is 13.4. The van der Waals surface area contributed by atoms with Crippen LogP contribution in [0.1, 0.15) is 54.6 Å². The van der Waals surface area contributed by atoms with E-state index in [1.807, 2.05) is 11.3 Å². The molecule has 0 bridgehead atoms. The van der Waals surface area contributed by atoms with Crippen molar-refractivity contribution in [1.29, 1.82) is 0 Å². The molecule has 2 aromatic rings. The first-order chi connectivity index (χ1) is 9.41. The summed E-state index contributed by atoms with van der Waals surface area (Å²) in [6.07, 6.45) is 0. The van der Waals surface area contributed by atoms with Gasteiger partial charge in [-0.15, -0.1) is 11.3 Å². The molecule has 2 rings (SSSR count). The molecule has 0 saturated heterocycles. The number of thiophene rings is 1. The Hall–Kier alpha value is -1.12. The lowest BCUT2D eigenvalue weighted by atomic mass is 9.95. The molecule has 0 fully saturated rings. The molecule has 1 N–H and O–H groups in total. The predicted octanol–water partition coefficient (Wildman–Crippen LogP) is 5.05. The third-order valence-corrected chi connectivity index (χ3v) is 5.01. The molecule has 108 valence electrons. The van der Waals surface area contributed by atoms with Gasteiger partial charge in [0.1, 0.15) is 0 Å². The van der Waals surface area contributed by atoms with E-state index in [-0.39, 0.29) is 5.41 Å². The van der Waals surface area contributed by atoms with E-state index in [4.69, 9.17) is 0 Å². The van der Waals surface area contributed by atoms with Gasteiger partial charge >= 0.3 is 0 Å². The van der Waals surface area contributed by atoms with Crippen LogP contribution in [0.2, 0.25) is 0 Å². The fourth-order valence-corrected chi connectivity index (χ4v) is 3.52. The second-order valence-electron chi connectivity index (χ2n) is 6.36. The Kier molecular flexibility index (Phi) is 4.66. The van der Waals surface area contributed by atoms with E-state index >= 15 is 0 Å². The van der Waals surface area contributed by atoms with Crippen molar-refractivity contribution in [2.75, 3.05) is 6.54 Å². The number of hydrogen-bond acceptors (Lipinski definition) is 2. The SMILES string of the molecule is CCNC(c1cccc(C)c1)c1ccc(C(C)(C)C)s1. The average Bonchev–Trinajstić information content (AvgIpc) is 2.85. The molecule has 0 spiro atoms. The van der Waals surface area contributed by atoms with E-state index in [0.717, 1.165) is 6.54 Å². The fraction of sp³-hybridized carbons (Fsp3) is 0.444. The van der Waals surface area contributed by atoms with Crippen LogP contribution in [0.3, 0.4) is 0 Å². The second kappa shape index (κ2) is 6.11. The summed E-state index contributed by atoms with van der Waals surface area (Å²) in [5, 5.41) is 3.62. The van der Waals surface area contributed by atoms with Crippen LogP contribution in [-0.2, 0) is 5.41 Å². The zero-order valence-electron chi connectivity index (χ0n) is 13.2. The van der Waals surface area contributed by atoms with E-state index in [1.54, 1.807) is 0 Å². The lowest BCUT2D eigenvalue weighted by Gasteiger charge is -2.19. The molecular formula is C18H25NS. The van der Waals surface area contributed by atoms with Gasteiger partial charge in [-0.3, -0.25) is 0 Å². The van der Waals surface area contributed by atoms with Crippen molar-refractivity contribution in [1.82, 2.24) is 5.32 Å². The van der Waals surface area contributed by atoms with Crippen LogP contribution in [0.25, 0.3) is 0 Å². The molecule has 2 heteroatoms. The number of hydrogen-bond donors (Lipinski definition) is 1. The molecule has 20 heavy (non-hydrogen) atoms. The smallest absolute Gasteiger partial charge is 0.0671 e. The molecule has 1 nitrogen and oxygen atoms in total. The summed E-state index contributed by atoms with van der Waals surface area (Å²) in [6.45, 7) is 12.1. The highest BCUT2D eigenvalue weighted by molar-refractivity contribution is 7.12. The van der Waals surface area contributed by atoms with Crippen molar-refractivity contribution in [3.8, 4) is 0 Å². The first-order valence-corrected chi connectivity index (χ1v) is 8.13. The summed E-state index contributed by atoms with van der Waals surface area (Å²) in [5.74, 6) is 0. The van der Waals surface area contributed by atoms with Crippen LogP contribution in [0.5, 0.6) is 0 Å². The van der Waals surface area contributed by atoms with Crippen LogP contribution in [0.4, 0.5) is 0 Å². The molecule has 0 radical (unpaired) electrons. The highest BCUT2D eigenvalue weighted by Crippen LogP contribution is 2.34. The molecule has 0 aliphatic rings. The topological polar surface area (TPSA) is 12.0 Å². The van der Waals surface area contributed by atoms with Gasteiger partial charge in [0, 0.05) is 9.75 Å². The highest BCUT2D eigenvalue weighted by atomic mass is 32.1. The molecule has 0 aliphatic heterocycles. The number of rotatable bonds is 4. The molecule has 1 aromatic heterocycles. The molecule has 1 unspecified atom stereocenters. The second-order valence-corrected chi connectivity index (χ2v) is 7.47. The molecule has 0 aliphatic carbocycles. The Bertz CT molecular complexity index is 563. The van der Waals surface area contributed by atoms with Crippen LogP contribution in [0, 0.1) is 6.92 Å². The maximum atomic E-state index is 3.62. The Balaban J connectivity index is 2.36. The van der Waals surface area contributed by atoms with Crippen molar-refractivity contribution in [3.05, 3.63) is 57.3 Å². The van der Waals surface area contributed by atoms with Crippen LogP contribution in [0.15, 0.2) is 36.4 Å². The standard InChI is InChI=1S/C18H25NS/c1-6-19-17(14-9-7-8-13(2)12-14)15-10-11-16(20-15)18(3,4)5/h7-12,17,19H,6H2,1-5H3. The lowest BCUT2D eigenvalue weighted by Crippen LogP contribution is -2.21. The monoisotopic (exact) mass is 287 g/mol. The zero-order chi connectivity index (χ0) is 14.8. The van der Waals surface area contributed by atoms with E-state index in [2.05, 4.69) is 76.3 Å². The summed E-state index contributed by atoms with van der Waals surface area (Å²) in [6, 6.07) is 13.7. The van der Waals surface area contributed by atoms with Gasteiger partial charge in [0.15, 0.2) is 0 Å². The maximum Gasteiger partial charge on any atom is 0.0671 e. The molecule has 1 atom stereocenters.